The van der Waals surface area contributed by atoms with E-state index in [9.17, 15) is 4.79 Å². The molecular formula is C14H16N2O2. The molecular weight excluding hydrogens is 228 g/mol. The number of benzene rings is 1. The normalized spacial score (nSPS) is 18.3. The number of amides is 1. The largest absolute Gasteiger partial charge is 0.479 e. The first-order valence-corrected chi connectivity index (χ1v) is 6.03. The Bertz CT molecular complexity index is 517. The molecule has 1 heterocycles. The van der Waals surface area contributed by atoms with Crippen LogP contribution in [-0.2, 0) is 4.79 Å². The fourth-order valence-electron chi connectivity index (χ4n) is 2.02. The summed E-state index contributed by atoms with van der Waals surface area (Å²) in [5.41, 5.74) is 1.83. The van der Waals surface area contributed by atoms with Crippen molar-refractivity contribution in [3.05, 3.63) is 23.8 Å². The third kappa shape index (κ3) is 2.04. The van der Waals surface area contributed by atoms with E-state index in [-0.39, 0.29) is 12.5 Å². The number of carbonyl (C=O) groups excluding carboxylic acids is 1. The number of anilines is 1. The van der Waals surface area contributed by atoms with E-state index in [2.05, 4.69) is 13.8 Å². The molecule has 0 radical (unpaired) electrons. The second-order valence-electron chi connectivity index (χ2n) is 4.72. The summed E-state index contributed by atoms with van der Waals surface area (Å²) < 4.78 is 5.55. The van der Waals surface area contributed by atoms with Crippen molar-refractivity contribution in [3.8, 4) is 11.8 Å². The highest BCUT2D eigenvalue weighted by atomic mass is 16.5. The molecule has 0 saturated heterocycles. The molecule has 0 aromatic heterocycles. The number of carbonyl (C=O) groups is 1. The van der Waals surface area contributed by atoms with Crippen molar-refractivity contribution >= 4 is 11.6 Å². The third-order valence-electron chi connectivity index (χ3n) is 3.09. The van der Waals surface area contributed by atoms with Crippen LogP contribution >= 0.6 is 0 Å². The van der Waals surface area contributed by atoms with Crippen molar-refractivity contribution in [3.63, 3.8) is 0 Å². The number of ether oxygens (including phenoxy) is 1. The molecule has 1 aliphatic heterocycles. The molecule has 1 aromatic carbocycles. The van der Waals surface area contributed by atoms with Gasteiger partial charge in [-0.15, -0.1) is 0 Å². The zero-order valence-corrected chi connectivity index (χ0v) is 10.8. The fourth-order valence-corrected chi connectivity index (χ4v) is 2.02. The van der Waals surface area contributed by atoms with Gasteiger partial charge in [0, 0.05) is 0 Å². The first-order chi connectivity index (χ1) is 8.54. The maximum Gasteiger partial charge on any atom is 0.268 e. The summed E-state index contributed by atoms with van der Waals surface area (Å²) in [6, 6.07) is 7.83. The van der Waals surface area contributed by atoms with E-state index in [0.29, 0.717) is 17.4 Å². The number of nitrogens with zero attached hydrogens (tertiary/aromatic N) is 2. The van der Waals surface area contributed by atoms with Gasteiger partial charge in [-0.25, -0.2) is 0 Å². The SMILES string of the molecule is CC1Oc2ccc(C(C)C)cc2N(CC#N)C1=O. The Labute approximate surface area is 107 Å². The van der Waals surface area contributed by atoms with Crippen LogP contribution in [-0.4, -0.2) is 18.6 Å². The Kier molecular flexibility index (Phi) is 3.24. The number of rotatable bonds is 2. The van der Waals surface area contributed by atoms with Crippen molar-refractivity contribution in [1.82, 2.24) is 0 Å². The molecule has 0 bridgehead atoms. The predicted molar refractivity (Wildman–Crippen MR) is 68.6 cm³/mol. The highest BCUT2D eigenvalue weighted by Gasteiger charge is 2.31. The molecule has 2 rings (SSSR count). The average Bonchev–Trinajstić information content (AvgIpc) is 2.34. The molecule has 0 N–H and O–H groups in total. The van der Waals surface area contributed by atoms with Gasteiger partial charge in [-0.05, 0) is 30.5 Å². The lowest BCUT2D eigenvalue weighted by atomic mass is 10.0. The van der Waals surface area contributed by atoms with E-state index >= 15 is 0 Å². The summed E-state index contributed by atoms with van der Waals surface area (Å²) >= 11 is 0. The van der Waals surface area contributed by atoms with Crippen LogP contribution in [0.25, 0.3) is 0 Å². The van der Waals surface area contributed by atoms with E-state index in [1.54, 1.807) is 6.92 Å². The van der Waals surface area contributed by atoms with E-state index in [4.69, 9.17) is 10.00 Å². The van der Waals surface area contributed by atoms with Gasteiger partial charge >= 0.3 is 0 Å². The molecule has 0 aliphatic carbocycles. The summed E-state index contributed by atoms with van der Waals surface area (Å²) in [7, 11) is 0. The average molecular weight is 244 g/mol. The molecule has 0 saturated carbocycles. The first-order valence-electron chi connectivity index (χ1n) is 6.03. The van der Waals surface area contributed by atoms with Gasteiger partial charge in [0.05, 0.1) is 11.8 Å². The highest BCUT2D eigenvalue weighted by molar-refractivity contribution is 6.00. The van der Waals surface area contributed by atoms with Gasteiger partial charge in [-0.3, -0.25) is 9.69 Å². The van der Waals surface area contributed by atoms with Crippen molar-refractivity contribution in [1.29, 1.82) is 5.26 Å². The predicted octanol–water partition coefficient (Wildman–Crippen LogP) is 2.45. The summed E-state index contributed by atoms with van der Waals surface area (Å²) in [5.74, 6) is 0.875. The molecule has 18 heavy (non-hydrogen) atoms. The molecule has 1 aromatic rings. The van der Waals surface area contributed by atoms with Crippen LogP contribution in [0.3, 0.4) is 0 Å². The molecule has 1 amide bonds. The van der Waals surface area contributed by atoms with E-state index in [0.717, 1.165) is 5.56 Å². The van der Waals surface area contributed by atoms with Crippen molar-refractivity contribution in [2.45, 2.75) is 32.8 Å². The molecule has 0 fully saturated rings. The van der Waals surface area contributed by atoms with Crippen LogP contribution in [0.2, 0.25) is 0 Å². The maximum atomic E-state index is 12.0. The molecule has 4 nitrogen and oxygen atoms in total. The highest BCUT2D eigenvalue weighted by Crippen LogP contribution is 2.36. The Morgan fingerprint density at radius 2 is 2.22 bits per heavy atom. The lowest BCUT2D eigenvalue weighted by Crippen LogP contribution is -2.44. The van der Waals surface area contributed by atoms with Crippen LogP contribution in [0.5, 0.6) is 5.75 Å². The van der Waals surface area contributed by atoms with E-state index in [1.807, 2.05) is 24.3 Å². The van der Waals surface area contributed by atoms with Crippen molar-refractivity contribution in [2.75, 3.05) is 11.4 Å². The molecule has 1 aliphatic rings. The summed E-state index contributed by atoms with van der Waals surface area (Å²) in [6.07, 6.45) is -0.532. The van der Waals surface area contributed by atoms with Gasteiger partial charge in [0.25, 0.3) is 5.91 Å². The molecule has 1 atom stereocenters. The Balaban J connectivity index is 2.49. The van der Waals surface area contributed by atoms with Gasteiger partial charge in [0.2, 0.25) is 0 Å². The standard InChI is InChI=1S/C14H16N2O2/c1-9(2)11-4-5-13-12(8-11)16(7-6-15)14(17)10(3)18-13/h4-5,8-10H,7H2,1-3H3. The summed E-state index contributed by atoms with van der Waals surface area (Å²) in [4.78, 5) is 13.5. The molecule has 4 heteroatoms. The van der Waals surface area contributed by atoms with Gasteiger partial charge < -0.3 is 4.74 Å². The smallest absolute Gasteiger partial charge is 0.268 e. The fraction of sp³-hybridized carbons (Fsp3) is 0.429. The lowest BCUT2D eigenvalue weighted by Gasteiger charge is -2.32. The van der Waals surface area contributed by atoms with Gasteiger partial charge in [0.1, 0.15) is 12.3 Å². The zero-order chi connectivity index (χ0) is 13.3. The minimum Gasteiger partial charge on any atom is -0.479 e. The zero-order valence-electron chi connectivity index (χ0n) is 10.8. The van der Waals surface area contributed by atoms with Crippen LogP contribution in [0.1, 0.15) is 32.3 Å². The van der Waals surface area contributed by atoms with Crippen LogP contribution in [0.4, 0.5) is 5.69 Å². The Morgan fingerprint density at radius 1 is 1.50 bits per heavy atom. The molecule has 94 valence electrons. The van der Waals surface area contributed by atoms with Crippen LogP contribution in [0, 0.1) is 11.3 Å². The lowest BCUT2D eigenvalue weighted by molar-refractivity contribution is -0.125. The molecule has 1 unspecified atom stereocenters. The summed E-state index contributed by atoms with van der Waals surface area (Å²) in [5, 5.41) is 8.84. The van der Waals surface area contributed by atoms with Gasteiger partial charge in [-0.1, -0.05) is 19.9 Å². The summed E-state index contributed by atoms with van der Waals surface area (Å²) in [6.45, 7) is 5.93. The topological polar surface area (TPSA) is 53.3 Å². The van der Waals surface area contributed by atoms with Crippen molar-refractivity contribution < 1.29 is 9.53 Å². The van der Waals surface area contributed by atoms with Gasteiger partial charge in [-0.2, -0.15) is 5.26 Å². The number of fused-ring (bicyclic) bond motifs is 1. The maximum absolute atomic E-state index is 12.0. The second-order valence-corrected chi connectivity index (χ2v) is 4.72. The van der Waals surface area contributed by atoms with Crippen LogP contribution < -0.4 is 9.64 Å². The minimum atomic E-state index is -0.532. The Morgan fingerprint density at radius 3 is 2.83 bits per heavy atom. The second kappa shape index (κ2) is 4.69. The number of nitriles is 1. The monoisotopic (exact) mass is 244 g/mol. The minimum absolute atomic E-state index is 0.0566. The molecule has 0 spiro atoms. The van der Waals surface area contributed by atoms with E-state index < -0.39 is 6.10 Å². The third-order valence-corrected chi connectivity index (χ3v) is 3.09. The Hall–Kier alpha value is -2.02. The van der Waals surface area contributed by atoms with Gasteiger partial charge in [0.15, 0.2) is 6.10 Å². The van der Waals surface area contributed by atoms with E-state index in [1.165, 1.54) is 4.90 Å². The number of hydrogen-bond donors (Lipinski definition) is 0. The first kappa shape index (κ1) is 12.4. The van der Waals surface area contributed by atoms with Crippen molar-refractivity contribution in [2.24, 2.45) is 0 Å². The quantitative estimate of drug-likeness (QED) is 0.751. The number of hydrogen-bond acceptors (Lipinski definition) is 3. The van der Waals surface area contributed by atoms with Crippen LogP contribution in [0.15, 0.2) is 18.2 Å².